The van der Waals surface area contributed by atoms with Crippen LogP contribution in [-0.2, 0) is 5.54 Å². The van der Waals surface area contributed by atoms with Gasteiger partial charge < -0.3 is 20.0 Å². The highest BCUT2D eigenvalue weighted by molar-refractivity contribution is 5.98. The summed E-state index contributed by atoms with van der Waals surface area (Å²) in [4.78, 5) is 25.4. The normalized spacial score (nSPS) is 21.6. The monoisotopic (exact) mass is 507 g/mol. The maximum Gasteiger partial charge on any atom is 0.252 e. The number of hydrogen-bond donors (Lipinski definition) is 2. The number of nitrogens with one attached hydrogen (secondary N) is 2. The molecule has 2 N–H and O–H groups in total. The van der Waals surface area contributed by atoms with Gasteiger partial charge in [0.1, 0.15) is 0 Å². The number of piperazine rings is 1. The number of rotatable bonds is 5. The zero-order valence-electron chi connectivity index (χ0n) is 22.2. The number of anilines is 1. The first-order valence-corrected chi connectivity index (χ1v) is 13.7. The second-order valence-corrected chi connectivity index (χ2v) is 11.4. The molecular formula is C31H33N5O2. The highest BCUT2D eigenvalue weighted by Crippen LogP contribution is 2.49. The van der Waals surface area contributed by atoms with Crippen molar-refractivity contribution >= 4 is 22.5 Å². The SMILES string of the molecule is Cc1ccc2c(C3(NC(=O)c4cc(N5CC6CCC(C5)N6)ccc4C)CC3)cc(-c3cnc(C)o3)cc2n1. The second kappa shape index (κ2) is 8.67. The molecule has 3 fully saturated rings. The Hall–Kier alpha value is -3.71. The smallest absolute Gasteiger partial charge is 0.252 e. The van der Waals surface area contributed by atoms with Crippen molar-refractivity contribution in [3.8, 4) is 11.3 Å². The number of carbonyl (C=O) groups excluding carboxylic acids is 1. The summed E-state index contributed by atoms with van der Waals surface area (Å²) in [7, 11) is 0. The van der Waals surface area contributed by atoms with Gasteiger partial charge in [0, 0.05) is 60.0 Å². The quantitative estimate of drug-likeness (QED) is 0.388. The number of pyridine rings is 1. The first-order valence-electron chi connectivity index (χ1n) is 13.7. The Kier molecular flexibility index (Phi) is 5.34. The molecule has 2 aromatic heterocycles. The molecule has 7 heteroatoms. The number of oxazole rings is 1. The van der Waals surface area contributed by atoms with Crippen LogP contribution in [0.3, 0.4) is 0 Å². The Morgan fingerprint density at radius 3 is 2.55 bits per heavy atom. The van der Waals surface area contributed by atoms with Crippen molar-refractivity contribution < 1.29 is 9.21 Å². The predicted molar refractivity (Wildman–Crippen MR) is 148 cm³/mol. The van der Waals surface area contributed by atoms with Gasteiger partial charge in [0.25, 0.3) is 5.91 Å². The number of aromatic nitrogens is 2. The van der Waals surface area contributed by atoms with E-state index in [-0.39, 0.29) is 5.91 Å². The maximum atomic E-state index is 13.8. The maximum absolute atomic E-state index is 13.8. The fourth-order valence-corrected chi connectivity index (χ4v) is 6.30. The number of amides is 1. The summed E-state index contributed by atoms with van der Waals surface area (Å²) in [6.07, 6.45) is 6.00. The van der Waals surface area contributed by atoms with E-state index in [1.54, 1.807) is 6.20 Å². The van der Waals surface area contributed by atoms with Gasteiger partial charge in [0.2, 0.25) is 0 Å². The lowest BCUT2D eigenvalue weighted by Crippen LogP contribution is -2.51. The van der Waals surface area contributed by atoms with E-state index in [0.717, 1.165) is 70.5 Å². The fourth-order valence-electron chi connectivity index (χ4n) is 6.30. The van der Waals surface area contributed by atoms with Crippen LogP contribution in [0.5, 0.6) is 0 Å². The average molecular weight is 508 g/mol. The minimum absolute atomic E-state index is 0.0194. The van der Waals surface area contributed by atoms with E-state index in [2.05, 4.69) is 56.9 Å². The molecule has 1 saturated carbocycles. The van der Waals surface area contributed by atoms with Gasteiger partial charge in [0.05, 0.1) is 17.3 Å². The molecule has 2 unspecified atom stereocenters. The predicted octanol–water partition coefficient (Wildman–Crippen LogP) is 5.17. The number of carbonyl (C=O) groups is 1. The number of hydrogen-bond acceptors (Lipinski definition) is 6. The molecule has 4 aromatic rings. The number of aryl methyl sites for hydroxylation is 3. The average Bonchev–Trinajstić information content (AvgIpc) is 3.42. The van der Waals surface area contributed by atoms with Crippen LogP contribution < -0.4 is 15.5 Å². The van der Waals surface area contributed by atoms with Crippen LogP contribution >= 0.6 is 0 Å². The Labute approximate surface area is 222 Å². The number of fused-ring (bicyclic) bond motifs is 3. The van der Waals surface area contributed by atoms with Gasteiger partial charge in [-0.1, -0.05) is 12.1 Å². The van der Waals surface area contributed by atoms with Gasteiger partial charge >= 0.3 is 0 Å². The summed E-state index contributed by atoms with van der Waals surface area (Å²) in [5, 5.41) is 8.21. The first-order chi connectivity index (χ1) is 18.4. The molecule has 0 spiro atoms. The first kappa shape index (κ1) is 23.4. The molecule has 7 rings (SSSR count). The van der Waals surface area contributed by atoms with Crippen molar-refractivity contribution in [2.24, 2.45) is 0 Å². The minimum Gasteiger partial charge on any atom is -0.441 e. The molecule has 194 valence electrons. The van der Waals surface area contributed by atoms with E-state index < -0.39 is 5.54 Å². The van der Waals surface area contributed by atoms with Crippen LogP contribution in [0.4, 0.5) is 5.69 Å². The van der Waals surface area contributed by atoms with Gasteiger partial charge in [-0.25, -0.2) is 4.98 Å². The van der Waals surface area contributed by atoms with Gasteiger partial charge in [-0.05, 0) is 81.0 Å². The van der Waals surface area contributed by atoms with Crippen LogP contribution in [0.15, 0.2) is 53.1 Å². The molecule has 3 aliphatic rings. The molecule has 0 radical (unpaired) electrons. The Balaban J connectivity index is 1.23. The minimum atomic E-state index is -0.423. The van der Waals surface area contributed by atoms with E-state index in [4.69, 9.17) is 9.40 Å². The van der Waals surface area contributed by atoms with Crippen LogP contribution in [0.25, 0.3) is 22.2 Å². The molecular weight excluding hydrogens is 474 g/mol. The molecule has 2 atom stereocenters. The molecule has 1 aliphatic carbocycles. The van der Waals surface area contributed by atoms with Gasteiger partial charge in [-0.15, -0.1) is 0 Å². The standard InChI is InChI=1S/C31H33N5O2/c1-18-4-8-24(36-16-22-6-7-23(17-36)34-22)14-26(18)30(37)35-31(10-11-31)27-12-21(29-15-32-20(3)38-29)13-28-25(27)9-5-19(2)33-28/h4-5,8-9,12-15,22-23,34H,6-7,10-11,16-17H2,1-3H3,(H,35,37). The molecule has 2 aromatic carbocycles. The van der Waals surface area contributed by atoms with E-state index in [0.29, 0.717) is 23.7 Å². The molecule has 2 saturated heterocycles. The number of benzene rings is 2. The van der Waals surface area contributed by atoms with Crippen LogP contribution in [0, 0.1) is 20.8 Å². The van der Waals surface area contributed by atoms with E-state index in [1.807, 2.05) is 26.8 Å². The molecule has 7 nitrogen and oxygen atoms in total. The lowest BCUT2D eigenvalue weighted by atomic mass is 9.95. The highest BCUT2D eigenvalue weighted by Gasteiger charge is 2.47. The zero-order valence-corrected chi connectivity index (χ0v) is 22.2. The topological polar surface area (TPSA) is 83.3 Å². The summed E-state index contributed by atoms with van der Waals surface area (Å²) >= 11 is 0. The Morgan fingerprint density at radius 1 is 1.05 bits per heavy atom. The summed E-state index contributed by atoms with van der Waals surface area (Å²) in [6.45, 7) is 7.86. The molecule has 1 amide bonds. The lowest BCUT2D eigenvalue weighted by molar-refractivity contribution is 0.0930. The summed E-state index contributed by atoms with van der Waals surface area (Å²) in [6, 6.07) is 15.8. The van der Waals surface area contributed by atoms with Crippen LogP contribution in [-0.4, -0.2) is 41.0 Å². The third-order valence-electron chi connectivity index (χ3n) is 8.52. The van der Waals surface area contributed by atoms with Gasteiger partial charge in [-0.3, -0.25) is 9.78 Å². The molecule has 38 heavy (non-hydrogen) atoms. The van der Waals surface area contributed by atoms with Gasteiger partial charge in [-0.2, -0.15) is 0 Å². The zero-order chi connectivity index (χ0) is 26.0. The molecule has 4 heterocycles. The summed E-state index contributed by atoms with van der Waals surface area (Å²) in [5.41, 5.74) is 6.33. The van der Waals surface area contributed by atoms with Crippen LogP contribution in [0.1, 0.15) is 58.8 Å². The third kappa shape index (κ3) is 4.06. The van der Waals surface area contributed by atoms with Crippen molar-refractivity contribution in [3.05, 3.63) is 76.9 Å². The summed E-state index contributed by atoms with van der Waals surface area (Å²) in [5.74, 6) is 1.32. The fraction of sp³-hybridized carbons (Fsp3) is 0.387. The summed E-state index contributed by atoms with van der Waals surface area (Å²) < 4.78 is 5.86. The molecule has 2 bridgehead atoms. The number of nitrogens with zero attached hydrogens (tertiary/aromatic N) is 3. The lowest BCUT2D eigenvalue weighted by Gasteiger charge is -2.35. The van der Waals surface area contributed by atoms with Gasteiger partial charge in [0.15, 0.2) is 11.7 Å². The largest absolute Gasteiger partial charge is 0.441 e. The third-order valence-corrected chi connectivity index (χ3v) is 8.52. The molecule has 2 aliphatic heterocycles. The Bertz CT molecular complexity index is 1560. The van der Waals surface area contributed by atoms with Crippen molar-refractivity contribution in [2.75, 3.05) is 18.0 Å². The van der Waals surface area contributed by atoms with Crippen molar-refractivity contribution in [1.29, 1.82) is 0 Å². The van der Waals surface area contributed by atoms with E-state index in [9.17, 15) is 4.79 Å². The highest BCUT2D eigenvalue weighted by atomic mass is 16.4. The Morgan fingerprint density at radius 2 is 1.84 bits per heavy atom. The van der Waals surface area contributed by atoms with Crippen molar-refractivity contribution in [3.63, 3.8) is 0 Å². The van der Waals surface area contributed by atoms with E-state index in [1.165, 1.54) is 12.8 Å². The van der Waals surface area contributed by atoms with Crippen LogP contribution in [0.2, 0.25) is 0 Å². The van der Waals surface area contributed by atoms with Crippen molar-refractivity contribution in [1.82, 2.24) is 20.6 Å². The van der Waals surface area contributed by atoms with Crippen molar-refractivity contribution in [2.45, 2.75) is 64.1 Å². The second-order valence-electron chi connectivity index (χ2n) is 11.4. The van der Waals surface area contributed by atoms with E-state index >= 15 is 0 Å².